The Morgan fingerprint density at radius 1 is 1.19 bits per heavy atom. The second-order valence-electron chi connectivity index (χ2n) is 5.32. The van der Waals surface area contributed by atoms with E-state index in [0.29, 0.717) is 13.0 Å². The molecule has 0 heterocycles. The number of rotatable bonds is 7. The maximum Gasteiger partial charge on any atom is 0.226 e. The lowest BCUT2D eigenvalue weighted by Gasteiger charge is -2.27. The Morgan fingerprint density at radius 2 is 1.81 bits per heavy atom. The maximum absolute atomic E-state index is 12.0. The van der Waals surface area contributed by atoms with Crippen LogP contribution in [-0.2, 0) is 16.0 Å². The molecular weight excluding hydrogens is 264 g/mol. The molecule has 116 valence electrons. The first-order chi connectivity index (χ1) is 9.97. The van der Waals surface area contributed by atoms with Gasteiger partial charge in [-0.15, -0.1) is 0 Å². The summed E-state index contributed by atoms with van der Waals surface area (Å²) in [6.07, 6.45) is 2.19. The van der Waals surface area contributed by atoms with Gasteiger partial charge in [-0.3, -0.25) is 9.59 Å². The highest BCUT2D eigenvalue weighted by Gasteiger charge is 2.16. The first-order valence-corrected chi connectivity index (χ1v) is 7.63. The minimum atomic E-state index is -0.0613. The fourth-order valence-electron chi connectivity index (χ4n) is 2.18. The fourth-order valence-corrected chi connectivity index (χ4v) is 2.18. The maximum atomic E-state index is 12.0. The summed E-state index contributed by atoms with van der Waals surface area (Å²) in [5, 5.41) is 2.87. The van der Waals surface area contributed by atoms with Crippen molar-refractivity contribution in [3.63, 3.8) is 0 Å². The molecule has 1 aromatic rings. The van der Waals surface area contributed by atoms with Crippen LogP contribution in [0.15, 0.2) is 24.3 Å². The number of benzene rings is 1. The molecule has 0 aliphatic rings. The van der Waals surface area contributed by atoms with Gasteiger partial charge in [-0.05, 0) is 37.5 Å². The number of nitrogens with zero attached hydrogens (tertiary/aromatic N) is 1. The van der Waals surface area contributed by atoms with Gasteiger partial charge in [-0.2, -0.15) is 0 Å². The molecule has 0 aromatic heterocycles. The average molecular weight is 290 g/mol. The van der Waals surface area contributed by atoms with Crippen molar-refractivity contribution in [1.82, 2.24) is 4.90 Å². The average Bonchev–Trinajstić information content (AvgIpc) is 2.47. The van der Waals surface area contributed by atoms with Gasteiger partial charge in [-0.25, -0.2) is 0 Å². The Kier molecular flexibility index (Phi) is 6.92. The molecule has 1 atom stereocenters. The molecule has 0 fully saturated rings. The van der Waals surface area contributed by atoms with Crippen molar-refractivity contribution < 1.29 is 9.59 Å². The van der Waals surface area contributed by atoms with Crippen molar-refractivity contribution in [2.45, 2.75) is 53.0 Å². The molecule has 0 saturated heterocycles. The highest BCUT2D eigenvalue weighted by atomic mass is 16.2. The fraction of sp³-hybridized carbons (Fsp3) is 0.529. The number of hydrogen-bond donors (Lipinski definition) is 1. The summed E-state index contributed by atoms with van der Waals surface area (Å²) in [5.74, 6) is -0.0433. The monoisotopic (exact) mass is 290 g/mol. The summed E-state index contributed by atoms with van der Waals surface area (Å²) in [6, 6.07) is 8.01. The molecule has 1 aromatic carbocycles. The third kappa shape index (κ3) is 5.58. The quantitative estimate of drug-likeness (QED) is 0.838. The molecule has 0 radical (unpaired) electrons. The van der Waals surface area contributed by atoms with Gasteiger partial charge >= 0.3 is 0 Å². The zero-order valence-corrected chi connectivity index (χ0v) is 13.5. The normalized spacial score (nSPS) is 11.8. The van der Waals surface area contributed by atoms with Crippen LogP contribution >= 0.6 is 0 Å². The van der Waals surface area contributed by atoms with Crippen LogP contribution < -0.4 is 5.32 Å². The van der Waals surface area contributed by atoms with E-state index in [2.05, 4.69) is 12.2 Å². The van der Waals surface area contributed by atoms with Crippen molar-refractivity contribution in [3.8, 4) is 0 Å². The van der Waals surface area contributed by atoms with E-state index in [9.17, 15) is 9.59 Å². The van der Waals surface area contributed by atoms with Gasteiger partial charge in [0.25, 0.3) is 0 Å². The number of carbonyl (C=O) groups excluding carboxylic acids is 2. The first kappa shape index (κ1) is 17.2. The molecule has 0 aliphatic heterocycles. The number of carbonyl (C=O) groups is 2. The highest BCUT2D eigenvalue weighted by molar-refractivity contribution is 5.91. The molecule has 0 bridgehead atoms. The van der Waals surface area contributed by atoms with E-state index >= 15 is 0 Å². The summed E-state index contributed by atoms with van der Waals surface area (Å²) in [4.78, 5) is 25.3. The molecular formula is C17H26N2O2. The highest BCUT2D eigenvalue weighted by Crippen LogP contribution is 2.11. The van der Waals surface area contributed by atoms with E-state index in [1.807, 2.05) is 38.1 Å². The van der Waals surface area contributed by atoms with Crippen molar-refractivity contribution in [2.24, 2.45) is 0 Å². The zero-order chi connectivity index (χ0) is 15.8. The Hall–Kier alpha value is -1.84. The molecule has 0 saturated carbocycles. The molecule has 4 nitrogen and oxygen atoms in total. The summed E-state index contributed by atoms with van der Waals surface area (Å²) in [5.41, 5.74) is 2.04. The second kappa shape index (κ2) is 8.45. The smallest absolute Gasteiger partial charge is 0.226 e. The van der Waals surface area contributed by atoms with Gasteiger partial charge in [0.2, 0.25) is 11.8 Å². The Labute approximate surface area is 127 Å². The van der Waals surface area contributed by atoms with Crippen molar-refractivity contribution in [1.29, 1.82) is 0 Å². The van der Waals surface area contributed by atoms with Crippen LogP contribution in [0, 0.1) is 0 Å². The molecule has 1 unspecified atom stereocenters. The standard InChI is InChI=1S/C17H26N2O2/c1-5-13(3)19(14(4)20)12-11-17(21)18-16-9-7-15(6-2)8-10-16/h7-10,13H,5-6,11-12H2,1-4H3,(H,18,21). The van der Waals surface area contributed by atoms with Crippen molar-refractivity contribution >= 4 is 17.5 Å². The van der Waals surface area contributed by atoms with Gasteiger partial charge in [0, 0.05) is 31.6 Å². The Balaban J connectivity index is 2.50. The van der Waals surface area contributed by atoms with Gasteiger partial charge in [0.15, 0.2) is 0 Å². The SMILES string of the molecule is CCc1ccc(NC(=O)CCN(C(C)=O)C(C)CC)cc1. The summed E-state index contributed by atoms with van der Waals surface area (Å²) >= 11 is 0. The molecule has 1 rings (SSSR count). The number of hydrogen-bond acceptors (Lipinski definition) is 2. The van der Waals surface area contributed by atoms with Crippen LogP contribution in [0.1, 0.15) is 46.1 Å². The predicted molar refractivity (Wildman–Crippen MR) is 86.2 cm³/mol. The molecule has 21 heavy (non-hydrogen) atoms. The van der Waals surface area contributed by atoms with Crippen LogP contribution in [0.5, 0.6) is 0 Å². The van der Waals surface area contributed by atoms with E-state index < -0.39 is 0 Å². The zero-order valence-electron chi connectivity index (χ0n) is 13.5. The third-order valence-corrected chi connectivity index (χ3v) is 3.75. The van der Waals surface area contributed by atoms with Gasteiger partial charge in [0.1, 0.15) is 0 Å². The summed E-state index contributed by atoms with van der Waals surface area (Å²) in [7, 11) is 0. The van der Waals surface area contributed by atoms with E-state index in [-0.39, 0.29) is 17.9 Å². The summed E-state index contributed by atoms with van der Waals surface area (Å²) in [6.45, 7) is 8.15. The number of nitrogens with one attached hydrogen (secondary N) is 1. The van der Waals surface area contributed by atoms with Gasteiger partial charge in [0.05, 0.1) is 0 Å². The van der Waals surface area contributed by atoms with Crippen LogP contribution in [0.25, 0.3) is 0 Å². The van der Waals surface area contributed by atoms with Crippen LogP contribution in [0.2, 0.25) is 0 Å². The molecule has 0 aliphatic carbocycles. The first-order valence-electron chi connectivity index (χ1n) is 7.63. The second-order valence-corrected chi connectivity index (χ2v) is 5.32. The van der Waals surface area contributed by atoms with Gasteiger partial charge in [-0.1, -0.05) is 26.0 Å². The molecule has 1 N–H and O–H groups in total. The third-order valence-electron chi connectivity index (χ3n) is 3.75. The molecule has 4 heteroatoms. The predicted octanol–water partition coefficient (Wildman–Crippen LogP) is 3.22. The van der Waals surface area contributed by atoms with E-state index in [1.54, 1.807) is 11.8 Å². The van der Waals surface area contributed by atoms with Crippen LogP contribution in [-0.4, -0.2) is 29.3 Å². The lowest BCUT2D eigenvalue weighted by molar-refractivity contribution is -0.131. The van der Waals surface area contributed by atoms with E-state index in [0.717, 1.165) is 18.5 Å². The van der Waals surface area contributed by atoms with Crippen molar-refractivity contribution in [2.75, 3.05) is 11.9 Å². The van der Waals surface area contributed by atoms with E-state index in [1.165, 1.54) is 5.56 Å². The molecule has 0 spiro atoms. The Bertz CT molecular complexity index is 468. The number of amides is 2. The van der Waals surface area contributed by atoms with Crippen LogP contribution in [0.3, 0.4) is 0 Å². The Morgan fingerprint density at radius 3 is 2.29 bits per heavy atom. The molecule has 2 amide bonds. The van der Waals surface area contributed by atoms with Gasteiger partial charge < -0.3 is 10.2 Å². The summed E-state index contributed by atoms with van der Waals surface area (Å²) < 4.78 is 0. The topological polar surface area (TPSA) is 49.4 Å². The van der Waals surface area contributed by atoms with Crippen LogP contribution in [0.4, 0.5) is 5.69 Å². The lowest BCUT2D eigenvalue weighted by atomic mass is 10.1. The lowest BCUT2D eigenvalue weighted by Crippen LogP contribution is -2.38. The minimum absolute atomic E-state index is 0.0180. The number of anilines is 1. The largest absolute Gasteiger partial charge is 0.340 e. The number of aryl methyl sites for hydroxylation is 1. The van der Waals surface area contributed by atoms with E-state index in [4.69, 9.17) is 0 Å². The van der Waals surface area contributed by atoms with Crippen molar-refractivity contribution in [3.05, 3.63) is 29.8 Å². The minimum Gasteiger partial charge on any atom is -0.340 e.